The van der Waals surface area contributed by atoms with Crippen LogP contribution in [0.2, 0.25) is 0 Å². The van der Waals surface area contributed by atoms with Gasteiger partial charge in [0, 0.05) is 22.6 Å². The van der Waals surface area contributed by atoms with Crippen LogP contribution in [-0.4, -0.2) is 22.6 Å². The zero-order valence-electron chi connectivity index (χ0n) is 19.1. The van der Waals surface area contributed by atoms with Crippen molar-refractivity contribution in [1.82, 2.24) is 5.32 Å². The Kier molecular flexibility index (Phi) is 5.17. The topological polar surface area (TPSA) is 12.0 Å². The Bertz CT molecular complexity index is 934. The second-order valence-corrected chi connectivity index (χ2v) is 12.7. The largest absolute Gasteiger partial charge is 0.307 e. The van der Waals surface area contributed by atoms with Gasteiger partial charge in [0.25, 0.3) is 0 Å². The van der Waals surface area contributed by atoms with Crippen molar-refractivity contribution in [1.29, 1.82) is 0 Å². The molecule has 32 heavy (non-hydrogen) atoms. The summed E-state index contributed by atoms with van der Waals surface area (Å²) >= 11 is 2.30. The summed E-state index contributed by atoms with van der Waals surface area (Å²) in [6, 6.07) is 1.37. The molecule has 0 amide bonds. The van der Waals surface area contributed by atoms with Gasteiger partial charge in [0.2, 0.25) is 0 Å². The Morgan fingerprint density at radius 3 is 2.72 bits per heavy atom. The highest BCUT2D eigenvalue weighted by atomic mass is 32.2. The van der Waals surface area contributed by atoms with E-state index in [9.17, 15) is 0 Å². The number of hydrogen-bond acceptors (Lipinski definition) is 2. The first-order chi connectivity index (χ1) is 15.8. The summed E-state index contributed by atoms with van der Waals surface area (Å²) in [5.41, 5.74) is 3.43. The van der Waals surface area contributed by atoms with Crippen LogP contribution in [0, 0.1) is 35.5 Å². The molecule has 10 unspecified atom stereocenters. The van der Waals surface area contributed by atoms with Gasteiger partial charge in [-0.15, -0.1) is 11.8 Å². The average molecular weight is 444 g/mol. The quantitative estimate of drug-likeness (QED) is 0.472. The van der Waals surface area contributed by atoms with E-state index >= 15 is 0 Å². The SMILES string of the molecule is C1=CC2SC3C(C=CC4NC5CC(C6=CCC(C7=CCCC=C7)CC6)CCC5C43)C2C=C1. The molecule has 1 saturated carbocycles. The fourth-order valence-corrected chi connectivity index (χ4v) is 10.3. The normalized spacial score (nSPS) is 48.5. The van der Waals surface area contributed by atoms with Gasteiger partial charge in [-0.1, -0.05) is 66.3 Å². The van der Waals surface area contributed by atoms with E-state index in [1.54, 1.807) is 5.57 Å². The minimum absolute atomic E-state index is 0.625. The molecule has 7 rings (SSSR count). The van der Waals surface area contributed by atoms with Gasteiger partial charge in [0.1, 0.15) is 0 Å². The molecule has 2 aliphatic heterocycles. The van der Waals surface area contributed by atoms with Gasteiger partial charge in [-0.2, -0.15) is 0 Å². The third-order valence-corrected chi connectivity index (χ3v) is 11.6. The number of hydrogen-bond donors (Lipinski definition) is 1. The molecule has 2 heterocycles. The van der Waals surface area contributed by atoms with Gasteiger partial charge in [0.05, 0.1) is 0 Å². The minimum Gasteiger partial charge on any atom is -0.307 e. The van der Waals surface area contributed by atoms with Gasteiger partial charge in [-0.3, -0.25) is 0 Å². The van der Waals surface area contributed by atoms with Crippen LogP contribution < -0.4 is 5.32 Å². The maximum Gasteiger partial charge on any atom is 0.0302 e. The maximum atomic E-state index is 4.14. The number of thioether (sulfide) groups is 1. The van der Waals surface area contributed by atoms with E-state index in [1.807, 2.05) is 5.57 Å². The standard InChI is InChI=1S/C30H37NS/c1-2-6-19(7-3-1)20-10-12-21(13-11-20)22-14-15-25-27(18-22)31-26-17-16-24-23-8-4-5-9-28(23)32-30(24)29(25)26/h2,4-9,12,16-17,20,22-31H,1,3,10-11,13-15,18H2. The fourth-order valence-electron chi connectivity index (χ4n) is 8.32. The Morgan fingerprint density at radius 2 is 1.84 bits per heavy atom. The Hall–Kier alpha value is -1.25. The zero-order valence-corrected chi connectivity index (χ0v) is 19.9. The van der Waals surface area contributed by atoms with Crippen LogP contribution in [0.25, 0.3) is 0 Å². The van der Waals surface area contributed by atoms with Crippen molar-refractivity contribution in [3.63, 3.8) is 0 Å². The van der Waals surface area contributed by atoms with Crippen LogP contribution in [0.5, 0.6) is 0 Å². The number of nitrogens with one attached hydrogen (secondary N) is 1. The molecule has 10 atom stereocenters. The molecule has 168 valence electrons. The molecule has 0 aromatic heterocycles. The number of rotatable bonds is 2. The molecule has 7 aliphatic rings. The van der Waals surface area contributed by atoms with Gasteiger partial charge in [-0.05, 0) is 92.4 Å². The van der Waals surface area contributed by atoms with Gasteiger partial charge >= 0.3 is 0 Å². The molecule has 3 fully saturated rings. The van der Waals surface area contributed by atoms with Crippen LogP contribution >= 0.6 is 11.8 Å². The molecule has 0 aromatic rings. The summed E-state index contributed by atoms with van der Waals surface area (Å²) < 4.78 is 0. The molecule has 0 bridgehead atoms. The fraction of sp³-hybridized carbons (Fsp3) is 0.600. The van der Waals surface area contributed by atoms with E-state index < -0.39 is 0 Å². The molecule has 1 N–H and O–H groups in total. The van der Waals surface area contributed by atoms with Crippen LogP contribution in [-0.2, 0) is 0 Å². The lowest BCUT2D eigenvalue weighted by atomic mass is 9.66. The van der Waals surface area contributed by atoms with Crippen molar-refractivity contribution < 1.29 is 0 Å². The van der Waals surface area contributed by atoms with Crippen molar-refractivity contribution in [2.24, 2.45) is 35.5 Å². The highest BCUT2D eigenvalue weighted by Gasteiger charge is 2.55. The van der Waals surface area contributed by atoms with Crippen molar-refractivity contribution in [2.75, 3.05) is 0 Å². The van der Waals surface area contributed by atoms with E-state index in [1.165, 1.54) is 51.4 Å². The van der Waals surface area contributed by atoms with Crippen molar-refractivity contribution >= 4 is 11.8 Å². The molecule has 0 aromatic carbocycles. The molecule has 5 aliphatic carbocycles. The van der Waals surface area contributed by atoms with Crippen LogP contribution in [0.1, 0.15) is 51.4 Å². The molecular formula is C30H37NS. The zero-order chi connectivity index (χ0) is 21.1. The summed E-state index contributed by atoms with van der Waals surface area (Å²) in [6.45, 7) is 0. The molecule has 0 radical (unpaired) electrons. The smallest absolute Gasteiger partial charge is 0.0302 e. The molecule has 2 saturated heterocycles. The molecular weight excluding hydrogens is 406 g/mol. The predicted octanol–water partition coefficient (Wildman–Crippen LogP) is 6.77. The molecule has 0 spiro atoms. The van der Waals surface area contributed by atoms with Crippen LogP contribution in [0.15, 0.2) is 71.9 Å². The number of allylic oxidation sites excluding steroid dienone is 10. The Morgan fingerprint density at radius 1 is 0.875 bits per heavy atom. The first kappa shape index (κ1) is 20.2. The summed E-state index contributed by atoms with van der Waals surface area (Å²) in [5.74, 6) is 4.85. The average Bonchev–Trinajstić information content (AvgIpc) is 3.42. The summed E-state index contributed by atoms with van der Waals surface area (Å²) in [7, 11) is 0. The molecule has 2 heteroatoms. The first-order valence-corrected chi connectivity index (χ1v) is 14.3. The second kappa shape index (κ2) is 8.20. The van der Waals surface area contributed by atoms with Crippen LogP contribution in [0.3, 0.4) is 0 Å². The lowest BCUT2D eigenvalue weighted by molar-refractivity contribution is 0.212. The predicted molar refractivity (Wildman–Crippen MR) is 136 cm³/mol. The molecule has 1 nitrogen and oxygen atoms in total. The van der Waals surface area contributed by atoms with Crippen molar-refractivity contribution in [3.8, 4) is 0 Å². The second-order valence-electron chi connectivity index (χ2n) is 11.4. The maximum absolute atomic E-state index is 4.14. The van der Waals surface area contributed by atoms with Gasteiger partial charge in [0.15, 0.2) is 0 Å². The van der Waals surface area contributed by atoms with E-state index in [4.69, 9.17) is 0 Å². The third kappa shape index (κ3) is 3.31. The lowest BCUT2D eigenvalue weighted by Gasteiger charge is -2.39. The Balaban J connectivity index is 1.04. The highest BCUT2D eigenvalue weighted by molar-refractivity contribution is 8.01. The van der Waals surface area contributed by atoms with Crippen molar-refractivity contribution in [2.45, 2.75) is 74.0 Å². The van der Waals surface area contributed by atoms with E-state index in [0.717, 1.165) is 46.8 Å². The van der Waals surface area contributed by atoms with Gasteiger partial charge < -0.3 is 5.32 Å². The summed E-state index contributed by atoms with van der Waals surface area (Å²) in [4.78, 5) is 0. The van der Waals surface area contributed by atoms with E-state index in [0.29, 0.717) is 11.3 Å². The number of fused-ring (bicyclic) bond motifs is 7. The summed E-state index contributed by atoms with van der Waals surface area (Å²) in [6.07, 6.45) is 35.4. The Labute approximate surface area is 198 Å². The third-order valence-electron chi connectivity index (χ3n) is 9.87. The van der Waals surface area contributed by atoms with Crippen molar-refractivity contribution in [3.05, 3.63) is 71.9 Å². The van der Waals surface area contributed by atoms with E-state index in [2.05, 4.69) is 77.8 Å². The van der Waals surface area contributed by atoms with Crippen LogP contribution in [0.4, 0.5) is 0 Å². The summed E-state index contributed by atoms with van der Waals surface area (Å²) in [5, 5.41) is 5.67. The van der Waals surface area contributed by atoms with Gasteiger partial charge in [-0.25, -0.2) is 0 Å². The lowest BCUT2D eigenvalue weighted by Crippen LogP contribution is -2.39. The van der Waals surface area contributed by atoms with E-state index in [-0.39, 0.29) is 0 Å². The highest BCUT2D eigenvalue weighted by Crippen LogP contribution is 2.57. The monoisotopic (exact) mass is 443 g/mol. The minimum atomic E-state index is 0.625. The first-order valence-electron chi connectivity index (χ1n) is 13.4.